The van der Waals surface area contributed by atoms with Crippen molar-refractivity contribution >= 4 is 16.9 Å². The largest absolute Gasteiger partial charge is 0.478 e. The van der Waals surface area contributed by atoms with Gasteiger partial charge in [0.05, 0.1) is 0 Å². The van der Waals surface area contributed by atoms with E-state index in [1.807, 2.05) is 13.0 Å². The number of fused-ring (bicyclic) bond motifs is 1. The van der Waals surface area contributed by atoms with Gasteiger partial charge in [-0.15, -0.1) is 0 Å². The maximum Gasteiger partial charge on any atom is 0.328 e. The molecule has 3 nitrogen and oxygen atoms in total. The summed E-state index contributed by atoms with van der Waals surface area (Å²) in [6, 6.07) is 18.8. The maximum absolute atomic E-state index is 10.7. The highest BCUT2D eigenvalue weighted by Crippen LogP contribution is 2.20. The lowest BCUT2D eigenvalue weighted by Crippen LogP contribution is -1.97. The highest BCUT2D eigenvalue weighted by Gasteiger charge is 2.04. The molecule has 3 rings (SSSR count). The third-order valence-corrected chi connectivity index (χ3v) is 3.88. The molecule has 3 heteroatoms. The molecule has 0 aliphatic carbocycles. The summed E-state index contributed by atoms with van der Waals surface area (Å²) >= 11 is 0. The molecule has 116 valence electrons. The van der Waals surface area contributed by atoms with Gasteiger partial charge in [-0.05, 0) is 48.1 Å². The van der Waals surface area contributed by atoms with Gasteiger partial charge in [-0.3, -0.25) is 0 Å². The average Bonchev–Trinajstić information content (AvgIpc) is 2.90. The predicted octanol–water partition coefficient (Wildman–Crippen LogP) is 4.26. The van der Waals surface area contributed by atoms with Crippen LogP contribution < -0.4 is 0 Å². The van der Waals surface area contributed by atoms with Crippen LogP contribution in [-0.2, 0) is 17.8 Å². The van der Waals surface area contributed by atoms with Crippen molar-refractivity contribution in [1.82, 2.24) is 4.57 Å². The molecule has 1 aromatic heterocycles. The number of carboxylic acid groups (broad SMARTS) is 1. The number of hydrogen-bond acceptors (Lipinski definition) is 1. The molecule has 2 aromatic carbocycles. The molecule has 0 spiro atoms. The summed E-state index contributed by atoms with van der Waals surface area (Å²) in [6.45, 7) is 2.69. The average molecular weight is 305 g/mol. The Morgan fingerprint density at radius 2 is 1.87 bits per heavy atom. The van der Waals surface area contributed by atoms with Crippen molar-refractivity contribution in [3.8, 4) is 0 Å². The van der Waals surface area contributed by atoms with E-state index >= 15 is 0 Å². The second-order valence-electron chi connectivity index (χ2n) is 5.83. The van der Waals surface area contributed by atoms with Crippen molar-refractivity contribution < 1.29 is 9.90 Å². The molecule has 0 saturated carbocycles. The van der Waals surface area contributed by atoms with Crippen molar-refractivity contribution in [2.75, 3.05) is 0 Å². The summed E-state index contributed by atoms with van der Waals surface area (Å²) in [7, 11) is 0. The van der Waals surface area contributed by atoms with Crippen molar-refractivity contribution in [2.45, 2.75) is 19.9 Å². The van der Waals surface area contributed by atoms with Gasteiger partial charge >= 0.3 is 5.97 Å². The second-order valence-corrected chi connectivity index (χ2v) is 5.83. The zero-order chi connectivity index (χ0) is 16.2. The lowest BCUT2D eigenvalue weighted by Gasteiger charge is -2.07. The van der Waals surface area contributed by atoms with E-state index in [1.54, 1.807) is 0 Å². The Kier molecular flexibility index (Phi) is 4.29. The topological polar surface area (TPSA) is 42.2 Å². The molecule has 0 aliphatic rings. The molecular weight excluding hydrogens is 286 g/mol. The van der Waals surface area contributed by atoms with Gasteiger partial charge in [0.2, 0.25) is 0 Å². The molecule has 0 amide bonds. The first-order chi connectivity index (χ1) is 11.1. The molecule has 0 radical (unpaired) electrons. The summed E-state index contributed by atoms with van der Waals surface area (Å²) in [6.07, 6.45) is 4.03. The van der Waals surface area contributed by atoms with Gasteiger partial charge in [0.1, 0.15) is 0 Å². The summed E-state index contributed by atoms with van der Waals surface area (Å²) in [4.78, 5) is 10.7. The minimum atomic E-state index is -0.891. The van der Waals surface area contributed by atoms with Gasteiger partial charge in [0.15, 0.2) is 0 Å². The summed E-state index contributed by atoms with van der Waals surface area (Å²) in [5, 5.41) is 9.98. The first-order valence-electron chi connectivity index (χ1n) is 7.63. The Balaban J connectivity index is 1.84. The molecule has 1 N–H and O–H groups in total. The molecule has 0 unspecified atom stereocenters. The molecule has 3 aromatic rings. The Labute approximate surface area is 135 Å². The van der Waals surface area contributed by atoms with E-state index in [-0.39, 0.29) is 0 Å². The normalized spacial score (nSPS) is 11.8. The van der Waals surface area contributed by atoms with Crippen molar-refractivity contribution in [3.05, 3.63) is 83.6 Å². The van der Waals surface area contributed by atoms with Gasteiger partial charge in [-0.25, -0.2) is 4.79 Å². The van der Waals surface area contributed by atoms with Crippen LogP contribution in [0.15, 0.2) is 72.4 Å². The molecule has 0 saturated heterocycles. The van der Waals surface area contributed by atoms with Crippen LogP contribution in [0.3, 0.4) is 0 Å². The highest BCUT2D eigenvalue weighted by molar-refractivity contribution is 5.82. The lowest BCUT2D eigenvalue weighted by atomic mass is 10.0. The van der Waals surface area contributed by atoms with E-state index in [4.69, 9.17) is 5.11 Å². The lowest BCUT2D eigenvalue weighted by molar-refractivity contribution is -0.131. The van der Waals surface area contributed by atoms with Crippen molar-refractivity contribution in [2.24, 2.45) is 0 Å². The predicted molar refractivity (Wildman–Crippen MR) is 92.6 cm³/mol. The van der Waals surface area contributed by atoms with Crippen LogP contribution in [0.1, 0.15) is 18.1 Å². The zero-order valence-corrected chi connectivity index (χ0v) is 13.1. The van der Waals surface area contributed by atoms with Crippen molar-refractivity contribution in [1.29, 1.82) is 0 Å². The maximum atomic E-state index is 10.7. The summed E-state index contributed by atoms with van der Waals surface area (Å²) in [5.74, 6) is -0.891. The molecule has 0 fully saturated rings. The fourth-order valence-corrected chi connectivity index (χ4v) is 2.86. The number of carboxylic acids is 1. The number of benzene rings is 2. The summed E-state index contributed by atoms with van der Waals surface area (Å²) in [5.41, 5.74) is 4.44. The Morgan fingerprint density at radius 3 is 2.61 bits per heavy atom. The van der Waals surface area contributed by atoms with Gasteiger partial charge in [0.25, 0.3) is 0 Å². The van der Waals surface area contributed by atoms with Crippen LogP contribution in [0.4, 0.5) is 0 Å². The number of nitrogens with zero attached hydrogens (tertiary/aromatic N) is 1. The zero-order valence-electron chi connectivity index (χ0n) is 13.1. The van der Waals surface area contributed by atoms with E-state index < -0.39 is 5.97 Å². The Hall–Kier alpha value is -2.81. The molecule has 0 aliphatic heterocycles. The minimum absolute atomic E-state index is 0.659. The van der Waals surface area contributed by atoms with Crippen molar-refractivity contribution in [3.63, 3.8) is 0 Å². The van der Waals surface area contributed by atoms with Gasteiger partial charge in [-0.1, -0.05) is 42.0 Å². The van der Waals surface area contributed by atoms with Crippen LogP contribution in [0.25, 0.3) is 10.9 Å². The van der Waals surface area contributed by atoms with Gasteiger partial charge in [0, 0.05) is 24.3 Å². The second kappa shape index (κ2) is 6.53. The number of aliphatic carboxylic acids is 1. The number of carbonyl (C=O) groups is 1. The fourth-order valence-electron chi connectivity index (χ4n) is 2.86. The minimum Gasteiger partial charge on any atom is -0.478 e. The van der Waals surface area contributed by atoms with Crippen LogP contribution in [-0.4, -0.2) is 15.6 Å². The fraction of sp³-hybridized carbons (Fsp3) is 0.150. The van der Waals surface area contributed by atoms with E-state index in [2.05, 4.69) is 59.3 Å². The molecule has 1 heterocycles. The van der Waals surface area contributed by atoms with Crippen LogP contribution in [0.2, 0.25) is 0 Å². The van der Waals surface area contributed by atoms with E-state index in [0.717, 1.165) is 17.7 Å². The van der Waals surface area contributed by atoms with E-state index in [1.165, 1.54) is 22.5 Å². The molecule has 0 atom stereocenters. The van der Waals surface area contributed by atoms with Crippen LogP contribution >= 0.6 is 0 Å². The number of rotatable bonds is 5. The van der Waals surface area contributed by atoms with Crippen LogP contribution in [0.5, 0.6) is 0 Å². The standard InChI is InChI=1S/C20H19NO2/c1-15(12-20(22)23)11-17-7-8-19-18(13-17)9-10-21(19)14-16-5-3-2-4-6-16/h2-10,12-13H,11,14H2,1H3,(H,22,23). The number of hydrogen-bond donors (Lipinski definition) is 1. The molecular formula is C20H19NO2. The smallest absolute Gasteiger partial charge is 0.328 e. The first-order valence-corrected chi connectivity index (χ1v) is 7.63. The molecule has 0 bridgehead atoms. The quantitative estimate of drug-likeness (QED) is 0.716. The third kappa shape index (κ3) is 3.69. The first kappa shape index (κ1) is 15.1. The third-order valence-electron chi connectivity index (χ3n) is 3.88. The summed E-state index contributed by atoms with van der Waals surface area (Å²) < 4.78 is 2.23. The number of aromatic nitrogens is 1. The SMILES string of the molecule is CC(=CC(=O)O)Cc1ccc2c(ccn2Cc2ccccc2)c1. The molecule has 23 heavy (non-hydrogen) atoms. The monoisotopic (exact) mass is 305 g/mol. The van der Waals surface area contributed by atoms with Crippen LogP contribution in [0, 0.1) is 0 Å². The van der Waals surface area contributed by atoms with Gasteiger partial charge < -0.3 is 9.67 Å². The van der Waals surface area contributed by atoms with E-state index in [9.17, 15) is 4.79 Å². The van der Waals surface area contributed by atoms with Gasteiger partial charge in [-0.2, -0.15) is 0 Å². The van der Waals surface area contributed by atoms with E-state index in [0.29, 0.717) is 6.42 Å². The number of allylic oxidation sites excluding steroid dienone is 1. The highest BCUT2D eigenvalue weighted by atomic mass is 16.4. The Bertz CT molecular complexity index is 860. The Morgan fingerprint density at radius 1 is 1.09 bits per heavy atom.